The highest BCUT2D eigenvalue weighted by Gasteiger charge is 2.24. The smallest absolute Gasteiger partial charge is 0.274 e. The van der Waals surface area contributed by atoms with Crippen molar-refractivity contribution in [3.63, 3.8) is 0 Å². The van der Waals surface area contributed by atoms with Crippen molar-refractivity contribution in [2.45, 2.75) is 26.8 Å². The van der Waals surface area contributed by atoms with Crippen LogP contribution in [0.2, 0.25) is 0 Å². The molecule has 9 nitrogen and oxygen atoms in total. The van der Waals surface area contributed by atoms with Crippen molar-refractivity contribution in [2.75, 3.05) is 23.7 Å². The van der Waals surface area contributed by atoms with Crippen LogP contribution in [0.3, 0.4) is 0 Å². The Bertz CT molecular complexity index is 1320. The molecule has 0 saturated carbocycles. The number of benzene rings is 3. The zero-order valence-corrected chi connectivity index (χ0v) is 21.2. The van der Waals surface area contributed by atoms with Gasteiger partial charge in [0.2, 0.25) is 10.0 Å². The summed E-state index contributed by atoms with van der Waals surface area (Å²) in [6.45, 7) is 4.21. The van der Waals surface area contributed by atoms with Gasteiger partial charge in [-0.3, -0.25) is 19.2 Å². The van der Waals surface area contributed by atoms with Crippen LogP contribution in [-0.4, -0.2) is 38.7 Å². The van der Waals surface area contributed by atoms with Crippen LogP contribution in [0.15, 0.2) is 66.7 Å². The molecule has 0 unspecified atom stereocenters. The standard InChI is InChI=1S/C26H29N3O6S/c1-4-20-10-14-23(15-11-20)35-17-16-27-26(30)22-12-8-21(9-13-22)18-28(36(3,33)34)24-6-5-7-25(19(24)2)29(31)32/h5-15H,4,16-18H2,1-3H3,(H,27,30). The van der Waals surface area contributed by atoms with Crippen LogP contribution in [0.5, 0.6) is 5.75 Å². The fourth-order valence-electron chi connectivity index (χ4n) is 3.64. The fraction of sp³-hybridized carbons (Fsp3) is 0.269. The molecule has 10 heteroatoms. The van der Waals surface area contributed by atoms with E-state index in [0.29, 0.717) is 24.3 Å². The lowest BCUT2D eigenvalue weighted by Gasteiger charge is -2.24. The number of ether oxygens (including phenoxy) is 1. The van der Waals surface area contributed by atoms with Crippen molar-refractivity contribution >= 4 is 27.3 Å². The van der Waals surface area contributed by atoms with E-state index in [4.69, 9.17) is 4.74 Å². The first-order chi connectivity index (χ1) is 17.1. The van der Waals surface area contributed by atoms with Gasteiger partial charge in [-0.2, -0.15) is 0 Å². The molecular formula is C26H29N3O6S. The minimum absolute atomic E-state index is 0.0343. The zero-order chi connectivity index (χ0) is 26.3. The molecule has 0 heterocycles. The monoisotopic (exact) mass is 511 g/mol. The maximum atomic E-state index is 12.5. The molecule has 3 aromatic rings. The third kappa shape index (κ3) is 6.82. The molecule has 0 saturated heterocycles. The van der Waals surface area contributed by atoms with Gasteiger partial charge in [0, 0.05) is 11.6 Å². The number of nitro benzene ring substituents is 1. The number of sulfonamides is 1. The summed E-state index contributed by atoms with van der Waals surface area (Å²) < 4.78 is 31.8. The third-order valence-electron chi connectivity index (χ3n) is 5.67. The minimum Gasteiger partial charge on any atom is -0.492 e. The number of carbonyl (C=O) groups excluding carboxylic acids is 1. The SMILES string of the molecule is CCc1ccc(OCCNC(=O)c2ccc(CN(c3cccc([N+](=O)[O-])c3C)S(C)(=O)=O)cc2)cc1. The highest BCUT2D eigenvalue weighted by molar-refractivity contribution is 7.92. The topological polar surface area (TPSA) is 119 Å². The Morgan fingerprint density at radius 1 is 1.03 bits per heavy atom. The van der Waals surface area contributed by atoms with Crippen LogP contribution >= 0.6 is 0 Å². The average molecular weight is 512 g/mol. The Morgan fingerprint density at radius 3 is 2.25 bits per heavy atom. The summed E-state index contributed by atoms with van der Waals surface area (Å²) in [7, 11) is -3.73. The Balaban J connectivity index is 1.62. The van der Waals surface area contributed by atoms with Crippen LogP contribution < -0.4 is 14.4 Å². The number of aryl methyl sites for hydroxylation is 1. The molecule has 3 rings (SSSR count). The molecule has 0 aromatic heterocycles. The first-order valence-electron chi connectivity index (χ1n) is 11.4. The van der Waals surface area contributed by atoms with Gasteiger partial charge < -0.3 is 10.1 Å². The fourth-order valence-corrected chi connectivity index (χ4v) is 4.58. The predicted molar refractivity (Wildman–Crippen MR) is 139 cm³/mol. The molecule has 190 valence electrons. The van der Waals surface area contributed by atoms with Crippen LogP contribution in [0, 0.1) is 17.0 Å². The Morgan fingerprint density at radius 2 is 1.67 bits per heavy atom. The van der Waals surface area contributed by atoms with Crippen LogP contribution in [0.4, 0.5) is 11.4 Å². The molecule has 0 aliphatic carbocycles. The number of carbonyl (C=O) groups is 1. The maximum Gasteiger partial charge on any atom is 0.274 e. The van der Waals surface area contributed by atoms with E-state index in [0.717, 1.165) is 22.7 Å². The lowest BCUT2D eigenvalue weighted by molar-refractivity contribution is -0.385. The average Bonchev–Trinajstić information content (AvgIpc) is 2.85. The Kier molecular flexibility index (Phi) is 8.65. The second-order valence-electron chi connectivity index (χ2n) is 8.25. The highest BCUT2D eigenvalue weighted by Crippen LogP contribution is 2.31. The number of hydrogen-bond donors (Lipinski definition) is 1. The minimum atomic E-state index is -3.73. The van der Waals surface area contributed by atoms with E-state index < -0.39 is 14.9 Å². The van der Waals surface area contributed by atoms with Crippen molar-refractivity contribution in [3.8, 4) is 5.75 Å². The lowest BCUT2D eigenvalue weighted by atomic mass is 10.1. The number of hydrogen-bond acceptors (Lipinski definition) is 6. The van der Waals surface area contributed by atoms with Crippen molar-refractivity contribution < 1.29 is 22.9 Å². The van der Waals surface area contributed by atoms with E-state index >= 15 is 0 Å². The normalized spacial score (nSPS) is 11.1. The first-order valence-corrected chi connectivity index (χ1v) is 13.3. The van der Waals surface area contributed by atoms with Gasteiger partial charge in [-0.05, 0) is 54.8 Å². The van der Waals surface area contributed by atoms with E-state index in [1.165, 1.54) is 30.7 Å². The number of nitrogens with one attached hydrogen (secondary N) is 1. The van der Waals surface area contributed by atoms with Crippen molar-refractivity contribution in [2.24, 2.45) is 0 Å². The van der Waals surface area contributed by atoms with Crippen LogP contribution in [-0.2, 0) is 23.0 Å². The van der Waals surface area contributed by atoms with Gasteiger partial charge in [-0.25, -0.2) is 8.42 Å². The summed E-state index contributed by atoms with van der Waals surface area (Å²) in [6.07, 6.45) is 2.00. The van der Waals surface area contributed by atoms with Gasteiger partial charge in [0.25, 0.3) is 11.6 Å². The highest BCUT2D eigenvalue weighted by atomic mass is 32.2. The molecule has 1 N–H and O–H groups in total. The third-order valence-corrected chi connectivity index (χ3v) is 6.80. The number of amides is 1. The molecule has 0 aliphatic heterocycles. The molecule has 0 aliphatic rings. The Labute approximate surface area is 210 Å². The predicted octanol–water partition coefficient (Wildman–Crippen LogP) is 4.24. The van der Waals surface area contributed by atoms with Gasteiger partial charge in [0.05, 0.1) is 35.5 Å². The van der Waals surface area contributed by atoms with Crippen LogP contribution in [0.25, 0.3) is 0 Å². The van der Waals surface area contributed by atoms with Crippen LogP contribution in [0.1, 0.15) is 34.0 Å². The van der Waals surface area contributed by atoms with E-state index in [-0.39, 0.29) is 29.4 Å². The van der Waals surface area contributed by atoms with E-state index in [1.54, 1.807) is 24.3 Å². The number of nitro groups is 1. The summed E-state index contributed by atoms with van der Waals surface area (Å²) in [4.78, 5) is 23.2. The summed E-state index contributed by atoms with van der Waals surface area (Å²) in [5.74, 6) is 0.459. The maximum absolute atomic E-state index is 12.5. The molecular weight excluding hydrogens is 482 g/mol. The van der Waals surface area contributed by atoms with Gasteiger partial charge in [0.1, 0.15) is 12.4 Å². The molecule has 36 heavy (non-hydrogen) atoms. The zero-order valence-electron chi connectivity index (χ0n) is 20.4. The summed E-state index contributed by atoms with van der Waals surface area (Å²) in [6, 6.07) is 18.6. The van der Waals surface area contributed by atoms with E-state index in [1.807, 2.05) is 24.3 Å². The van der Waals surface area contributed by atoms with Gasteiger partial charge in [-0.1, -0.05) is 37.3 Å². The van der Waals surface area contributed by atoms with Gasteiger partial charge >= 0.3 is 0 Å². The second-order valence-corrected chi connectivity index (χ2v) is 10.2. The molecule has 0 radical (unpaired) electrons. The van der Waals surface area contributed by atoms with Gasteiger partial charge in [0.15, 0.2) is 0 Å². The second kappa shape index (κ2) is 11.7. The molecule has 3 aromatic carbocycles. The molecule has 0 bridgehead atoms. The summed E-state index contributed by atoms with van der Waals surface area (Å²) >= 11 is 0. The number of anilines is 1. The number of rotatable bonds is 11. The molecule has 1 amide bonds. The molecule has 0 spiro atoms. The Hall–Kier alpha value is -3.92. The first kappa shape index (κ1) is 26.7. The lowest BCUT2D eigenvalue weighted by Crippen LogP contribution is -2.30. The molecule has 0 fully saturated rings. The summed E-state index contributed by atoms with van der Waals surface area (Å²) in [5, 5.41) is 14.1. The van der Waals surface area contributed by atoms with Crippen molar-refractivity contribution in [3.05, 3.63) is 99.1 Å². The summed E-state index contributed by atoms with van der Waals surface area (Å²) in [5.41, 5.74) is 2.60. The van der Waals surface area contributed by atoms with E-state index in [2.05, 4.69) is 12.2 Å². The van der Waals surface area contributed by atoms with Crippen molar-refractivity contribution in [1.29, 1.82) is 0 Å². The van der Waals surface area contributed by atoms with Crippen molar-refractivity contribution in [1.82, 2.24) is 5.32 Å². The number of nitrogens with zero attached hydrogens (tertiary/aromatic N) is 2. The largest absolute Gasteiger partial charge is 0.492 e. The quantitative estimate of drug-likeness (QED) is 0.234. The molecule has 0 atom stereocenters. The van der Waals surface area contributed by atoms with Gasteiger partial charge in [-0.15, -0.1) is 0 Å². The van der Waals surface area contributed by atoms with E-state index in [9.17, 15) is 23.3 Å².